The van der Waals surface area contributed by atoms with Crippen LogP contribution in [0.3, 0.4) is 0 Å². The summed E-state index contributed by atoms with van der Waals surface area (Å²) in [5, 5.41) is 2.69. The van der Waals surface area contributed by atoms with E-state index in [1.54, 1.807) is 25.4 Å². The van der Waals surface area contributed by atoms with E-state index in [1.165, 1.54) is 0 Å². The van der Waals surface area contributed by atoms with E-state index in [1.807, 2.05) is 16.5 Å². The van der Waals surface area contributed by atoms with Crippen molar-refractivity contribution in [3.8, 4) is 11.3 Å². The van der Waals surface area contributed by atoms with Crippen LogP contribution in [0.4, 0.5) is 10.5 Å². The standard InChI is InChI=1S/C16H14N4O3/c1-2-23-16(22)18-10-3-4-11-9(7-10)8-12-13(11)19-15(21)14-17-5-6-20(12)14/h3-7H,2,8H2,1H3,(H,18,22)(H,19,21). The van der Waals surface area contributed by atoms with Gasteiger partial charge in [0.15, 0.2) is 0 Å². The lowest BCUT2D eigenvalue weighted by atomic mass is 10.1. The van der Waals surface area contributed by atoms with E-state index in [9.17, 15) is 9.59 Å². The molecule has 0 radical (unpaired) electrons. The van der Waals surface area contributed by atoms with Crippen LogP contribution < -0.4 is 10.9 Å². The van der Waals surface area contributed by atoms with Crippen molar-refractivity contribution >= 4 is 17.4 Å². The van der Waals surface area contributed by atoms with Gasteiger partial charge in [0.25, 0.3) is 5.56 Å². The fourth-order valence-electron chi connectivity index (χ4n) is 2.97. The summed E-state index contributed by atoms with van der Waals surface area (Å²) in [5.41, 5.74) is 4.63. The number of ether oxygens (including phenoxy) is 1. The van der Waals surface area contributed by atoms with E-state index < -0.39 is 6.09 Å². The van der Waals surface area contributed by atoms with Crippen molar-refractivity contribution in [1.82, 2.24) is 14.4 Å². The molecule has 1 aliphatic rings. The number of aromatic nitrogens is 3. The molecule has 2 heterocycles. The first-order valence-corrected chi connectivity index (χ1v) is 7.32. The first-order valence-electron chi connectivity index (χ1n) is 7.32. The van der Waals surface area contributed by atoms with Crippen LogP contribution in [0.25, 0.3) is 16.9 Å². The zero-order valence-corrected chi connectivity index (χ0v) is 12.4. The Morgan fingerprint density at radius 1 is 1.48 bits per heavy atom. The number of benzene rings is 1. The molecule has 0 saturated carbocycles. The fraction of sp³-hybridized carbons (Fsp3) is 0.188. The number of aromatic amines is 1. The van der Waals surface area contributed by atoms with E-state index in [0.29, 0.717) is 24.4 Å². The van der Waals surface area contributed by atoms with Crippen LogP contribution in [-0.2, 0) is 11.2 Å². The zero-order valence-electron chi connectivity index (χ0n) is 12.4. The van der Waals surface area contributed by atoms with Crippen molar-refractivity contribution in [1.29, 1.82) is 0 Å². The number of anilines is 1. The van der Waals surface area contributed by atoms with E-state index in [4.69, 9.17) is 4.74 Å². The predicted octanol–water partition coefficient (Wildman–Crippen LogP) is 2.16. The molecule has 2 aromatic heterocycles. The van der Waals surface area contributed by atoms with E-state index in [2.05, 4.69) is 15.3 Å². The summed E-state index contributed by atoms with van der Waals surface area (Å²) in [7, 11) is 0. The van der Waals surface area contributed by atoms with Crippen molar-refractivity contribution in [2.75, 3.05) is 11.9 Å². The quantitative estimate of drug-likeness (QED) is 0.594. The number of nitrogens with zero attached hydrogens (tertiary/aromatic N) is 2. The molecule has 1 aliphatic carbocycles. The van der Waals surface area contributed by atoms with Crippen molar-refractivity contribution in [3.05, 3.63) is 52.2 Å². The Hall–Kier alpha value is -3.09. The molecule has 2 N–H and O–H groups in total. The second-order valence-corrected chi connectivity index (χ2v) is 5.29. The first kappa shape index (κ1) is 13.6. The van der Waals surface area contributed by atoms with Crippen molar-refractivity contribution in [3.63, 3.8) is 0 Å². The molecule has 7 nitrogen and oxygen atoms in total. The lowest BCUT2D eigenvalue weighted by Gasteiger charge is -2.07. The Balaban J connectivity index is 1.76. The maximum absolute atomic E-state index is 12.1. The monoisotopic (exact) mass is 310 g/mol. The summed E-state index contributed by atoms with van der Waals surface area (Å²) in [5.74, 6) is 0. The number of fused-ring (bicyclic) bond motifs is 5. The maximum atomic E-state index is 12.1. The Morgan fingerprint density at radius 3 is 3.17 bits per heavy atom. The van der Waals surface area contributed by atoms with Crippen molar-refractivity contribution in [2.24, 2.45) is 0 Å². The number of amides is 1. The third kappa shape index (κ3) is 2.09. The molecule has 0 aliphatic heterocycles. The van der Waals surface area contributed by atoms with Gasteiger partial charge in [-0.25, -0.2) is 9.78 Å². The van der Waals surface area contributed by atoms with Crippen LogP contribution in [-0.4, -0.2) is 27.1 Å². The van der Waals surface area contributed by atoms with E-state index >= 15 is 0 Å². The summed E-state index contributed by atoms with van der Waals surface area (Å²) in [4.78, 5) is 30.6. The Morgan fingerprint density at radius 2 is 2.35 bits per heavy atom. The molecule has 0 bridgehead atoms. The highest BCUT2D eigenvalue weighted by Gasteiger charge is 2.23. The molecular weight excluding hydrogens is 296 g/mol. The van der Waals surface area contributed by atoms with Crippen LogP contribution in [0.2, 0.25) is 0 Å². The van der Waals surface area contributed by atoms with Crippen molar-refractivity contribution < 1.29 is 9.53 Å². The number of hydrogen-bond acceptors (Lipinski definition) is 4. The van der Waals surface area contributed by atoms with Crippen LogP contribution in [0.15, 0.2) is 35.4 Å². The van der Waals surface area contributed by atoms with Crippen LogP contribution in [0.5, 0.6) is 0 Å². The molecule has 23 heavy (non-hydrogen) atoms. The summed E-state index contributed by atoms with van der Waals surface area (Å²) in [6.45, 7) is 2.08. The largest absolute Gasteiger partial charge is 0.450 e. The van der Waals surface area contributed by atoms with Gasteiger partial charge in [-0.1, -0.05) is 6.07 Å². The van der Waals surface area contributed by atoms with Gasteiger partial charge in [-0.15, -0.1) is 0 Å². The molecule has 116 valence electrons. The van der Waals surface area contributed by atoms with Gasteiger partial charge < -0.3 is 9.72 Å². The smallest absolute Gasteiger partial charge is 0.411 e. The van der Waals surface area contributed by atoms with Crippen molar-refractivity contribution in [2.45, 2.75) is 13.3 Å². The second-order valence-electron chi connectivity index (χ2n) is 5.29. The Bertz CT molecular complexity index is 987. The van der Waals surface area contributed by atoms with Crippen LogP contribution in [0.1, 0.15) is 18.2 Å². The van der Waals surface area contributed by atoms with Gasteiger partial charge in [-0.2, -0.15) is 0 Å². The lowest BCUT2D eigenvalue weighted by Crippen LogP contribution is -2.13. The molecule has 1 amide bonds. The minimum absolute atomic E-state index is 0.213. The zero-order chi connectivity index (χ0) is 16.0. The third-order valence-corrected chi connectivity index (χ3v) is 3.92. The van der Waals surface area contributed by atoms with Crippen LogP contribution >= 0.6 is 0 Å². The molecule has 0 unspecified atom stereocenters. The summed E-state index contributed by atoms with van der Waals surface area (Å²) in [6.07, 6.45) is 3.58. The number of imidazole rings is 1. The van der Waals surface area contributed by atoms with Gasteiger partial charge >= 0.3 is 6.09 Å². The number of nitrogens with one attached hydrogen (secondary N) is 2. The molecular formula is C16H14N4O3. The fourth-order valence-corrected chi connectivity index (χ4v) is 2.97. The molecule has 0 atom stereocenters. The summed E-state index contributed by atoms with van der Waals surface area (Å²) >= 11 is 0. The second kappa shape index (κ2) is 4.98. The molecule has 4 rings (SSSR count). The first-order chi connectivity index (χ1) is 11.2. The van der Waals surface area contributed by atoms with Gasteiger partial charge in [0, 0.05) is 30.1 Å². The van der Waals surface area contributed by atoms with Gasteiger partial charge in [-0.3, -0.25) is 14.5 Å². The summed E-state index contributed by atoms with van der Waals surface area (Å²) < 4.78 is 6.69. The summed E-state index contributed by atoms with van der Waals surface area (Å²) in [6, 6.07) is 5.58. The van der Waals surface area contributed by atoms with E-state index in [-0.39, 0.29) is 5.56 Å². The number of carbonyl (C=O) groups excluding carboxylic acids is 1. The van der Waals surface area contributed by atoms with Gasteiger partial charge in [-0.05, 0) is 24.6 Å². The molecule has 3 aromatic rings. The Labute approximate surface area is 130 Å². The average molecular weight is 310 g/mol. The van der Waals surface area contributed by atoms with Crippen LogP contribution in [0, 0.1) is 0 Å². The molecule has 0 saturated heterocycles. The highest BCUT2D eigenvalue weighted by molar-refractivity contribution is 5.86. The maximum Gasteiger partial charge on any atom is 0.411 e. The number of hydrogen-bond donors (Lipinski definition) is 2. The van der Waals surface area contributed by atoms with Gasteiger partial charge in [0.2, 0.25) is 5.65 Å². The number of rotatable bonds is 2. The van der Waals surface area contributed by atoms with Gasteiger partial charge in [0.1, 0.15) is 0 Å². The number of carbonyl (C=O) groups is 1. The minimum atomic E-state index is -0.478. The highest BCUT2D eigenvalue weighted by atomic mass is 16.5. The SMILES string of the molecule is CCOC(=O)Nc1ccc2c(c1)Cc1c-2[nH]c(=O)c2nccn12. The Kier molecular flexibility index (Phi) is 2.94. The lowest BCUT2D eigenvalue weighted by molar-refractivity contribution is 0.168. The molecule has 1 aromatic carbocycles. The minimum Gasteiger partial charge on any atom is -0.450 e. The normalized spacial score (nSPS) is 12.0. The topological polar surface area (TPSA) is 88.5 Å². The molecule has 7 heteroatoms. The van der Waals surface area contributed by atoms with E-state index in [0.717, 1.165) is 22.5 Å². The number of H-pyrrole nitrogens is 1. The molecule has 0 fully saturated rings. The molecule has 0 spiro atoms. The predicted molar refractivity (Wildman–Crippen MR) is 84.7 cm³/mol. The highest BCUT2D eigenvalue weighted by Crippen LogP contribution is 2.35. The third-order valence-electron chi connectivity index (χ3n) is 3.92. The van der Waals surface area contributed by atoms with Gasteiger partial charge in [0.05, 0.1) is 18.0 Å². The average Bonchev–Trinajstić information content (AvgIpc) is 3.12.